The first-order valence-corrected chi connectivity index (χ1v) is 9.71. The number of carbonyl (C=O) groups is 2. The minimum Gasteiger partial charge on any atom is -0.422 e. The Hall–Kier alpha value is -2.40. The largest absolute Gasteiger partial charge is 0.422 e. The third-order valence-electron chi connectivity index (χ3n) is 5.43. The number of carbonyl (C=O) groups excluding carboxylic acids is 2. The number of hydrogen-bond donors (Lipinski definition) is 0. The van der Waals surface area contributed by atoms with Crippen LogP contribution in [0.1, 0.15) is 49.1 Å². The summed E-state index contributed by atoms with van der Waals surface area (Å²) in [4.78, 5) is 24.4. The topological polar surface area (TPSA) is 52.6 Å². The molecule has 0 N–H and O–H groups in total. The van der Waals surface area contributed by atoms with Crippen molar-refractivity contribution in [2.75, 3.05) is 0 Å². The molecule has 0 spiro atoms. The molecule has 0 aromatic heterocycles. The molecule has 0 aliphatic heterocycles. The lowest BCUT2D eigenvalue weighted by Crippen LogP contribution is -2.14. The average Bonchev–Trinajstić information content (AvgIpc) is 3.25. The minimum atomic E-state index is -0.493. The van der Waals surface area contributed by atoms with Crippen molar-refractivity contribution in [3.05, 3.63) is 58.6 Å². The Bertz CT molecular complexity index is 1020. The number of benzene rings is 2. The Morgan fingerprint density at radius 3 is 2.44 bits per heavy atom. The van der Waals surface area contributed by atoms with Gasteiger partial charge in [0.05, 0.1) is 0 Å². The molecular weight excluding hydrogens is 408 g/mol. The summed E-state index contributed by atoms with van der Waals surface area (Å²) < 4.78 is 12.3. The predicted octanol–water partition coefficient (Wildman–Crippen LogP) is 5.54. The molecule has 0 heterocycles. The van der Waals surface area contributed by atoms with E-state index in [9.17, 15) is 9.59 Å². The third kappa shape index (κ3) is 2.81. The monoisotopic (exact) mass is 426 g/mol. The fraction of sp³-hybridized carbons (Fsp3) is 0.273. The van der Waals surface area contributed by atoms with Gasteiger partial charge in [-0.05, 0) is 44.1 Å². The first-order chi connectivity index (χ1) is 12.9. The molecule has 0 amide bonds. The highest BCUT2D eigenvalue weighted by molar-refractivity contribution is 9.10. The number of hydrogen-bond acceptors (Lipinski definition) is 4. The Balaban J connectivity index is 2.06. The minimum absolute atomic E-state index is 0.301. The van der Waals surface area contributed by atoms with Crippen molar-refractivity contribution in [1.82, 2.24) is 0 Å². The molecule has 27 heavy (non-hydrogen) atoms. The van der Waals surface area contributed by atoms with Crippen LogP contribution in [0.25, 0.3) is 10.8 Å². The van der Waals surface area contributed by atoms with Gasteiger partial charge in [0, 0.05) is 38.0 Å². The van der Waals surface area contributed by atoms with Gasteiger partial charge in [-0.1, -0.05) is 41.2 Å². The lowest BCUT2D eigenvalue weighted by Gasteiger charge is -2.24. The van der Waals surface area contributed by atoms with Crippen LogP contribution in [0.4, 0.5) is 0 Å². The zero-order valence-corrected chi connectivity index (χ0v) is 16.6. The van der Waals surface area contributed by atoms with E-state index in [1.165, 1.54) is 6.08 Å². The Kier molecular flexibility index (Phi) is 4.42. The molecule has 4 rings (SSSR count). The van der Waals surface area contributed by atoms with E-state index in [1.54, 1.807) is 6.92 Å². The number of esters is 2. The summed E-state index contributed by atoms with van der Waals surface area (Å²) in [7, 11) is 0. The van der Waals surface area contributed by atoms with Gasteiger partial charge in [0.25, 0.3) is 0 Å². The second-order valence-corrected chi connectivity index (χ2v) is 8.00. The highest BCUT2D eigenvalue weighted by Crippen LogP contribution is 2.61. The highest BCUT2D eigenvalue weighted by Gasteiger charge is 2.43. The summed E-state index contributed by atoms with van der Waals surface area (Å²) in [5.74, 6) is 0.791. The molecule has 0 radical (unpaired) electrons. The maximum atomic E-state index is 12.3. The Morgan fingerprint density at radius 2 is 1.81 bits per heavy atom. The van der Waals surface area contributed by atoms with E-state index in [4.69, 9.17) is 9.47 Å². The molecule has 2 unspecified atom stereocenters. The normalized spacial score (nSPS) is 19.6. The van der Waals surface area contributed by atoms with E-state index in [-0.39, 0.29) is 0 Å². The SMILES string of the molecule is C=CC(=O)Oc1c2c(c(OC(=O)C(=C)C)c3c(Br)cccc13)C1CCC2C1. The summed E-state index contributed by atoms with van der Waals surface area (Å²) in [5, 5.41) is 1.49. The molecule has 138 valence electrons. The lowest BCUT2D eigenvalue weighted by molar-refractivity contribution is -0.130. The standard InChI is InChI=1S/C22H19BrO4/c1-4-16(24)26-20-14-6-5-7-15(23)19(14)21(27-22(25)11(2)3)18-13-9-8-12(10-13)17(18)20/h4-7,12-13H,1-2,8-10H2,3H3. The van der Waals surface area contributed by atoms with E-state index < -0.39 is 11.9 Å². The number of ether oxygens (including phenoxy) is 2. The molecular formula is C22H19BrO4. The number of rotatable bonds is 4. The number of halogens is 1. The first-order valence-electron chi connectivity index (χ1n) is 8.92. The van der Waals surface area contributed by atoms with Gasteiger partial charge in [-0.15, -0.1) is 0 Å². The quantitative estimate of drug-likeness (QED) is 0.365. The zero-order chi connectivity index (χ0) is 19.3. The van der Waals surface area contributed by atoms with E-state index >= 15 is 0 Å². The van der Waals surface area contributed by atoms with Crippen molar-refractivity contribution in [3.63, 3.8) is 0 Å². The smallest absolute Gasteiger partial charge is 0.338 e. The van der Waals surface area contributed by atoms with Crippen molar-refractivity contribution >= 4 is 38.6 Å². The fourth-order valence-corrected chi connectivity index (χ4v) is 4.87. The molecule has 5 heteroatoms. The van der Waals surface area contributed by atoms with Crippen LogP contribution in [0.5, 0.6) is 11.5 Å². The van der Waals surface area contributed by atoms with Crippen LogP contribution in [0.15, 0.2) is 47.5 Å². The molecule has 0 saturated heterocycles. The maximum absolute atomic E-state index is 12.3. The van der Waals surface area contributed by atoms with Gasteiger partial charge < -0.3 is 9.47 Å². The molecule has 2 bridgehead atoms. The summed E-state index contributed by atoms with van der Waals surface area (Å²) in [6.45, 7) is 8.84. The van der Waals surface area contributed by atoms with Crippen LogP contribution in [-0.2, 0) is 9.59 Å². The van der Waals surface area contributed by atoms with Crippen LogP contribution in [-0.4, -0.2) is 11.9 Å². The second-order valence-electron chi connectivity index (χ2n) is 7.15. The molecule has 2 aromatic rings. The predicted molar refractivity (Wildman–Crippen MR) is 107 cm³/mol. The Morgan fingerprint density at radius 1 is 1.15 bits per heavy atom. The van der Waals surface area contributed by atoms with E-state index in [1.807, 2.05) is 18.2 Å². The highest BCUT2D eigenvalue weighted by atomic mass is 79.9. The van der Waals surface area contributed by atoms with Gasteiger partial charge >= 0.3 is 11.9 Å². The van der Waals surface area contributed by atoms with Gasteiger partial charge in [0.2, 0.25) is 0 Å². The van der Waals surface area contributed by atoms with Crippen molar-refractivity contribution in [1.29, 1.82) is 0 Å². The molecule has 1 fully saturated rings. The van der Waals surface area contributed by atoms with Crippen molar-refractivity contribution in [2.24, 2.45) is 0 Å². The summed E-state index contributed by atoms with van der Waals surface area (Å²) in [5.41, 5.74) is 2.33. The molecule has 2 atom stereocenters. The van der Waals surface area contributed by atoms with E-state index in [0.29, 0.717) is 28.9 Å². The zero-order valence-electron chi connectivity index (χ0n) is 15.0. The van der Waals surface area contributed by atoms with Crippen molar-refractivity contribution < 1.29 is 19.1 Å². The van der Waals surface area contributed by atoms with Gasteiger partial charge in [0.1, 0.15) is 11.5 Å². The fourth-order valence-electron chi connectivity index (χ4n) is 4.32. The molecule has 1 saturated carbocycles. The van der Waals surface area contributed by atoms with Crippen LogP contribution in [0, 0.1) is 0 Å². The Labute approximate surface area is 166 Å². The number of fused-ring (bicyclic) bond motifs is 6. The van der Waals surface area contributed by atoms with Crippen molar-refractivity contribution in [3.8, 4) is 11.5 Å². The van der Waals surface area contributed by atoms with Gasteiger partial charge in [0.15, 0.2) is 0 Å². The lowest BCUT2D eigenvalue weighted by atomic mass is 9.87. The van der Waals surface area contributed by atoms with Crippen molar-refractivity contribution in [2.45, 2.75) is 38.0 Å². The summed E-state index contributed by atoms with van der Waals surface area (Å²) in [6, 6.07) is 5.65. The van der Waals surface area contributed by atoms with Crippen LogP contribution in [0.3, 0.4) is 0 Å². The first kappa shape index (κ1) is 18.0. The summed E-state index contributed by atoms with van der Waals surface area (Å²) in [6.07, 6.45) is 4.24. The average molecular weight is 427 g/mol. The molecule has 2 aromatic carbocycles. The second kappa shape index (κ2) is 6.64. The van der Waals surface area contributed by atoms with Crippen LogP contribution < -0.4 is 9.47 Å². The van der Waals surface area contributed by atoms with Gasteiger partial charge in [-0.3, -0.25) is 0 Å². The third-order valence-corrected chi connectivity index (χ3v) is 6.09. The van der Waals surface area contributed by atoms with Gasteiger partial charge in [-0.25, -0.2) is 9.59 Å². The molecule has 4 nitrogen and oxygen atoms in total. The maximum Gasteiger partial charge on any atom is 0.338 e. The van der Waals surface area contributed by atoms with Crippen LogP contribution in [0.2, 0.25) is 0 Å². The molecule has 2 aliphatic carbocycles. The summed E-state index contributed by atoms with van der Waals surface area (Å²) >= 11 is 3.58. The van der Waals surface area contributed by atoms with E-state index in [0.717, 1.165) is 45.6 Å². The molecule has 2 aliphatic rings. The van der Waals surface area contributed by atoms with Crippen LogP contribution >= 0.6 is 15.9 Å². The van der Waals surface area contributed by atoms with E-state index in [2.05, 4.69) is 29.1 Å². The van der Waals surface area contributed by atoms with Gasteiger partial charge in [-0.2, -0.15) is 0 Å².